The summed E-state index contributed by atoms with van der Waals surface area (Å²) in [5.74, 6) is -0.883. The lowest BCUT2D eigenvalue weighted by atomic mass is 9.97. The Hall–Kier alpha value is -2.78. The number of rotatable bonds is 5. The molecule has 31 heavy (non-hydrogen) atoms. The zero-order valence-corrected chi connectivity index (χ0v) is 17.8. The number of benzene rings is 2. The van der Waals surface area contributed by atoms with Gasteiger partial charge in [0.15, 0.2) is 0 Å². The molecule has 0 atom stereocenters. The monoisotopic (exact) mass is 445 g/mol. The Morgan fingerprint density at radius 1 is 1.03 bits per heavy atom. The molecule has 164 valence electrons. The number of halogens is 1. The van der Waals surface area contributed by atoms with Gasteiger partial charge in [-0.05, 0) is 61.7 Å². The van der Waals surface area contributed by atoms with Crippen molar-refractivity contribution in [2.45, 2.75) is 30.6 Å². The summed E-state index contributed by atoms with van der Waals surface area (Å²) in [6.07, 6.45) is 2.16. The molecule has 2 amide bonds. The van der Waals surface area contributed by atoms with Crippen LogP contribution in [0.15, 0.2) is 53.4 Å². The van der Waals surface area contributed by atoms with Gasteiger partial charge in [0.25, 0.3) is 0 Å². The highest BCUT2D eigenvalue weighted by Gasteiger charge is 2.32. The van der Waals surface area contributed by atoms with Crippen molar-refractivity contribution in [3.05, 3.63) is 54.3 Å². The first-order chi connectivity index (χ1) is 14.8. The van der Waals surface area contributed by atoms with Gasteiger partial charge in [0.1, 0.15) is 5.82 Å². The maximum atomic E-state index is 13.1. The molecule has 0 spiro atoms. The first-order valence-corrected chi connectivity index (χ1v) is 11.8. The second-order valence-corrected chi connectivity index (χ2v) is 9.76. The molecule has 1 N–H and O–H groups in total. The fourth-order valence-corrected chi connectivity index (χ4v) is 5.50. The average Bonchev–Trinajstić information content (AvgIpc) is 3.20. The summed E-state index contributed by atoms with van der Waals surface area (Å²) in [5.41, 5.74) is 1.38. The summed E-state index contributed by atoms with van der Waals surface area (Å²) < 4.78 is 39.9. The molecule has 0 unspecified atom stereocenters. The Labute approximate surface area is 180 Å². The van der Waals surface area contributed by atoms with Gasteiger partial charge in [-0.15, -0.1) is 0 Å². The van der Waals surface area contributed by atoms with E-state index in [0.717, 1.165) is 24.2 Å². The Balaban J connectivity index is 1.36. The van der Waals surface area contributed by atoms with E-state index in [2.05, 4.69) is 5.32 Å². The molecule has 2 aromatic carbocycles. The average molecular weight is 446 g/mol. The van der Waals surface area contributed by atoms with Gasteiger partial charge in [-0.25, -0.2) is 12.8 Å². The van der Waals surface area contributed by atoms with E-state index < -0.39 is 15.8 Å². The minimum Gasteiger partial charge on any atom is -0.326 e. The van der Waals surface area contributed by atoms with Crippen molar-refractivity contribution in [3.63, 3.8) is 0 Å². The number of nitrogens with zero attached hydrogens (tertiary/aromatic N) is 2. The highest BCUT2D eigenvalue weighted by molar-refractivity contribution is 7.89. The van der Waals surface area contributed by atoms with Crippen molar-refractivity contribution in [2.24, 2.45) is 5.92 Å². The van der Waals surface area contributed by atoms with Gasteiger partial charge in [-0.3, -0.25) is 9.59 Å². The molecular weight excluding hydrogens is 421 g/mol. The molecule has 0 bridgehead atoms. The van der Waals surface area contributed by atoms with Gasteiger partial charge in [0.05, 0.1) is 4.90 Å². The number of nitrogens with one attached hydrogen (secondary N) is 1. The van der Waals surface area contributed by atoms with Crippen LogP contribution >= 0.6 is 0 Å². The number of piperidine rings is 1. The number of hydrogen-bond donors (Lipinski definition) is 1. The number of carbonyl (C=O) groups is 2. The summed E-state index contributed by atoms with van der Waals surface area (Å²) in [6, 6.07) is 12.0. The first kappa shape index (κ1) is 21.5. The van der Waals surface area contributed by atoms with Crippen molar-refractivity contribution in [1.29, 1.82) is 0 Å². The van der Waals surface area contributed by atoms with Crippen LogP contribution in [0.2, 0.25) is 0 Å². The van der Waals surface area contributed by atoms with E-state index >= 15 is 0 Å². The quantitative estimate of drug-likeness (QED) is 0.767. The second-order valence-electron chi connectivity index (χ2n) is 7.82. The van der Waals surface area contributed by atoms with E-state index in [4.69, 9.17) is 0 Å². The minimum absolute atomic E-state index is 0.0464. The minimum atomic E-state index is -3.71. The smallest absolute Gasteiger partial charge is 0.243 e. The Kier molecular flexibility index (Phi) is 6.06. The fourth-order valence-electron chi connectivity index (χ4n) is 4.03. The van der Waals surface area contributed by atoms with E-state index in [9.17, 15) is 22.4 Å². The molecule has 9 heteroatoms. The predicted octanol–water partition coefficient (Wildman–Crippen LogP) is 2.99. The van der Waals surface area contributed by atoms with Gasteiger partial charge in [0.2, 0.25) is 21.8 Å². The van der Waals surface area contributed by atoms with Crippen LogP contribution in [0.1, 0.15) is 25.7 Å². The molecular formula is C22H24FN3O4S. The third kappa shape index (κ3) is 4.62. The van der Waals surface area contributed by atoms with Crippen LogP contribution in [0.25, 0.3) is 0 Å². The topological polar surface area (TPSA) is 86.8 Å². The summed E-state index contributed by atoms with van der Waals surface area (Å²) in [5, 5.41) is 2.90. The second kappa shape index (κ2) is 8.76. The lowest BCUT2D eigenvalue weighted by Gasteiger charge is -2.30. The Morgan fingerprint density at radius 2 is 1.74 bits per heavy atom. The molecule has 4 rings (SSSR count). The molecule has 2 aliphatic rings. The molecule has 2 heterocycles. The third-order valence-corrected chi connectivity index (χ3v) is 7.69. The van der Waals surface area contributed by atoms with E-state index in [0.29, 0.717) is 31.5 Å². The Morgan fingerprint density at radius 3 is 2.39 bits per heavy atom. The number of hydrogen-bond acceptors (Lipinski definition) is 4. The van der Waals surface area contributed by atoms with Crippen LogP contribution in [0.5, 0.6) is 0 Å². The lowest BCUT2D eigenvalue weighted by Crippen LogP contribution is -2.41. The number of carbonyl (C=O) groups excluding carboxylic acids is 2. The summed E-state index contributed by atoms with van der Waals surface area (Å²) in [4.78, 5) is 26.4. The van der Waals surface area contributed by atoms with Crippen LogP contribution < -0.4 is 10.2 Å². The molecule has 0 aliphatic carbocycles. The standard InChI is InChI=1S/C22H24FN3O4S/c23-17-6-8-20(9-7-17)31(29,30)25-13-10-16(11-14-25)22(28)24-18-3-1-4-19(15-18)26-12-2-5-21(26)27/h1,3-4,6-9,15-16H,2,5,10-14H2,(H,24,28). The molecule has 7 nitrogen and oxygen atoms in total. The summed E-state index contributed by atoms with van der Waals surface area (Å²) in [7, 11) is -3.71. The van der Waals surface area contributed by atoms with E-state index in [1.165, 1.54) is 16.4 Å². The largest absolute Gasteiger partial charge is 0.326 e. The van der Waals surface area contributed by atoms with Gasteiger partial charge in [-0.1, -0.05) is 6.07 Å². The van der Waals surface area contributed by atoms with Gasteiger partial charge < -0.3 is 10.2 Å². The SMILES string of the molecule is O=C(Nc1cccc(N2CCCC2=O)c1)C1CCN(S(=O)(=O)c2ccc(F)cc2)CC1. The van der Waals surface area contributed by atoms with Crippen molar-refractivity contribution in [1.82, 2.24) is 4.31 Å². The molecule has 0 radical (unpaired) electrons. The molecule has 0 saturated carbocycles. The summed E-state index contributed by atoms with van der Waals surface area (Å²) >= 11 is 0. The van der Waals surface area contributed by atoms with Crippen LogP contribution in [-0.4, -0.2) is 44.2 Å². The normalized spacial score (nSPS) is 18.4. The molecule has 0 aromatic heterocycles. The number of anilines is 2. The van der Waals surface area contributed by atoms with Crippen molar-refractivity contribution < 1.29 is 22.4 Å². The lowest BCUT2D eigenvalue weighted by molar-refractivity contribution is -0.121. The maximum absolute atomic E-state index is 13.1. The Bertz CT molecular complexity index is 1080. The third-order valence-electron chi connectivity index (χ3n) is 5.77. The van der Waals surface area contributed by atoms with Gasteiger partial charge in [-0.2, -0.15) is 4.31 Å². The van der Waals surface area contributed by atoms with Gasteiger partial charge in [0, 0.05) is 43.3 Å². The molecule has 2 fully saturated rings. The summed E-state index contributed by atoms with van der Waals surface area (Å²) in [6.45, 7) is 1.12. The van der Waals surface area contributed by atoms with Crippen molar-refractivity contribution in [2.75, 3.05) is 29.9 Å². The van der Waals surface area contributed by atoms with Crippen LogP contribution in [0, 0.1) is 11.7 Å². The van der Waals surface area contributed by atoms with Crippen molar-refractivity contribution in [3.8, 4) is 0 Å². The molecule has 2 aromatic rings. The zero-order chi connectivity index (χ0) is 22.0. The predicted molar refractivity (Wildman–Crippen MR) is 115 cm³/mol. The van der Waals surface area contributed by atoms with E-state index in [1.807, 2.05) is 6.07 Å². The molecule has 2 aliphatic heterocycles. The maximum Gasteiger partial charge on any atom is 0.243 e. The fraction of sp³-hybridized carbons (Fsp3) is 0.364. The number of sulfonamides is 1. The van der Waals surface area contributed by atoms with E-state index in [-0.39, 0.29) is 35.7 Å². The zero-order valence-electron chi connectivity index (χ0n) is 17.0. The highest BCUT2D eigenvalue weighted by Crippen LogP contribution is 2.27. The van der Waals surface area contributed by atoms with Crippen LogP contribution in [0.4, 0.5) is 15.8 Å². The van der Waals surface area contributed by atoms with Gasteiger partial charge >= 0.3 is 0 Å². The van der Waals surface area contributed by atoms with Crippen LogP contribution in [0.3, 0.4) is 0 Å². The first-order valence-electron chi connectivity index (χ1n) is 10.3. The van der Waals surface area contributed by atoms with Crippen LogP contribution in [-0.2, 0) is 19.6 Å². The van der Waals surface area contributed by atoms with Crippen molar-refractivity contribution >= 4 is 33.2 Å². The number of amides is 2. The molecule has 2 saturated heterocycles. The van der Waals surface area contributed by atoms with E-state index in [1.54, 1.807) is 23.1 Å². The highest BCUT2D eigenvalue weighted by atomic mass is 32.2.